The van der Waals surface area contributed by atoms with E-state index in [0.29, 0.717) is 11.1 Å². The fourth-order valence-corrected chi connectivity index (χ4v) is 2.22. The van der Waals surface area contributed by atoms with Crippen LogP contribution < -0.4 is 5.32 Å². The number of nitrogens with zero attached hydrogens (tertiary/aromatic N) is 1. The Hall–Kier alpha value is -3.34. The average molecular weight is 320 g/mol. The largest absolute Gasteiger partial charge is 0.320 e. The quantitative estimate of drug-likeness (QED) is 0.589. The molecule has 118 valence electrons. The normalized spacial score (nSPS) is 10.2. The van der Waals surface area contributed by atoms with E-state index in [1.54, 1.807) is 60.7 Å². The third kappa shape index (κ3) is 3.35. The molecule has 0 bridgehead atoms. The van der Waals surface area contributed by atoms with Gasteiger partial charge in [-0.25, -0.2) is 4.98 Å². The fourth-order valence-electron chi connectivity index (χ4n) is 2.22. The number of rotatable bonds is 4. The van der Waals surface area contributed by atoms with Crippen molar-refractivity contribution in [2.75, 3.05) is 5.32 Å². The molecule has 1 amide bonds. The van der Waals surface area contributed by atoms with E-state index in [0.717, 1.165) is 6.07 Å². The number of amides is 1. The second kappa shape index (κ2) is 6.83. The molecule has 0 aliphatic rings. The average Bonchev–Trinajstić information content (AvgIpc) is 2.64. The molecule has 3 aromatic rings. The molecule has 0 spiro atoms. The summed E-state index contributed by atoms with van der Waals surface area (Å²) in [5.74, 6) is -1.64. The lowest BCUT2D eigenvalue weighted by Crippen LogP contribution is -2.16. The van der Waals surface area contributed by atoms with Crippen LogP contribution in [0.15, 0.2) is 72.8 Å². The van der Waals surface area contributed by atoms with Gasteiger partial charge in [0.1, 0.15) is 5.69 Å². The maximum absolute atomic E-state index is 13.5. The molecule has 2 aromatic carbocycles. The van der Waals surface area contributed by atoms with Gasteiger partial charge in [-0.1, -0.05) is 48.5 Å². The Kier molecular flexibility index (Phi) is 4.43. The van der Waals surface area contributed by atoms with Gasteiger partial charge in [0, 0.05) is 11.1 Å². The minimum absolute atomic E-state index is 0.134. The molecule has 0 unspecified atom stereocenters. The van der Waals surface area contributed by atoms with Gasteiger partial charge in [-0.05, 0) is 24.3 Å². The van der Waals surface area contributed by atoms with Crippen molar-refractivity contribution in [3.05, 3.63) is 95.6 Å². The van der Waals surface area contributed by atoms with Gasteiger partial charge in [0.2, 0.25) is 11.7 Å². The van der Waals surface area contributed by atoms with Crippen LogP contribution in [-0.2, 0) is 0 Å². The molecule has 5 heteroatoms. The molecule has 1 aromatic heterocycles. The first-order valence-electron chi connectivity index (χ1n) is 7.28. The third-order valence-electron chi connectivity index (χ3n) is 3.40. The Morgan fingerprint density at radius 2 is 1.38 bits per heavy atom. The molecule has 0 atom stereocenters. The summed E-state index contributed by atoms with van der Waals surface area (Å²) in [5.41, 5.74) is 0.829. The van der Waals surface area contributed by atoms with Crippen LogP contribution in [0.5, 0.6) is 0 Å². The summed E-state index contributed by atoms with van der Waals surface area (Å²) in [7, 11) is 0. The van der Waals surface area contributed by atoms with Gasteiger partial charge in [-0.2, -0.15) is 4.39 Å². The van der Waals surface area contributed by atoms with E-state index in [1.165, 1.54) is 6.07 Å². The summed E-state index contributed by atoms with van der Waals surface area (Å²) >= 11 is 0. The van der Waals surface area contributed by atoms with Gasteiger partial charge >= 0.3 is 0 Å². The van der Waals surface area contributed by atoms with Gasteiger partial charge in [0.15, 0.2) is 0 Å². The minimum atomic E-state index is -0.785. The number of ketones is 1. The molecule has 0 aliphatic heterocycles. The summed E-state index contributed by atoms with van der Waals surface area (Å²) in [6.07, 6.45) is 0. The Bertz CT molecular complexity index is 880. The van der Waals surface area contributed by atoms with Crippen LogP contribution in [0.1, 0.15) is 26.4 Å². The maximum atomic E-state index is 13.5. The monoisotopic (exact) mass is 320 g/mol. The molecule has 3 rings (SSSR count). The van der Waals surface area contributed by atoms with E-state index in [1.807, 2.05) is 0 Å². The number of carbonyl (C=O) groups excluding carboxylic acids is 2. The number of aromatic nitrogens is 1. The summed E-state index contributed by atoms with van der Waals surface area (Å²) in [5, 5.41) is 2.62. The Balaban J connectivity index is 1.94. The molecule has 0 aliphatic carbocycles. The minimum Gasteiger partial charge on any atom is -0.320 e. The summed E-state index contributed by atoms with van der Waals surface area (Å²) in [6.45, 7) is 0. The Labute approximate surface area is 138 Å². The highest BCUT2D eigenvalue weighted by Crippen LogP contribution is 2.19. The summed E-state index contributed by atoms with van der Waals surface area (Å²) in [4.78, 5) is 28.5. The van der Waals surface area contributed by atoms with Crippen LogP contribution in [-0.4, -0.2) is 16.7 Å². The van der Waals surface area contributed by atoms with Crippen LogP contribution in [0.3, 0.4) is 0 Å². The number of hydrogen-bond donors (Lipinski definition) is 1. The van der Waals surface area contributed by atoms with Crippen LogP contribution in [0.2, 0.25) is 0 Å². The van der Waals surface area contributed by atoms with Crippen molar-refractivity contribution in [1.29, 1.82) is 0 Å². The van der Waals surface area contributed by atoms with Crippen LogP contribution in [0, 0.1) is 5.95 Å². The lowest BCUT2D eigenvalue weighted by atomic mass is 10.1. The number of halogens is 1. The first-order valence-corrected chi connectivity index (χ1v) is 7.28. The number of anilines is 1. The van der Waals surface area contributed by atoms with Crippen LogP contribution in [0.25, 0.3) is 0 Å². The van der Waals surface area contributed by atoms with Crippen LogP contribution in [0.4, 0.5) is 10.1 Å². The highest BCUT2D eigenvalue weighted by Gasteiger charge is 2.18. The van der Waals surface area contributed by atoms with E-state index in [4.69, 9.17) is 0 Å². The van der Waals surface area contributed by atoms with E-state index >= 15 is 0 Å². The topological polar surface area (TPSA) is 59.1 Å². The predicted molar refractivity (Wildman–Crippen MR) is 88.5 cm³/mol. The van der Waals surface area contributed by atoms with E-state index in [2.05, 4.69) is 10.3 Å². The highest BCUT2D eigenvalue weighted by molar-refractivity contribution is 6.14. The SMILES string of the molecule is O=C(Nc1ccc(F)nc1C(=O)c1ccccc1)c1ccccc1. The molecule has 0 fully saturated rings. The van der Waals surface area contributed by atoms with Crippen LogP contribution >= 0.6 is 0 Å². The predicted octanol–water partition coefficient (Wildman–Crippen LogP) is 3.70. The van der Waals surface area contributed by atoms with Crippen molar-refractivity contribution < 1.29 is 14.0 Å². The second-order valence-corrected chi connectivity index (χ2v) is 5.05. The lowest BCUT2D eigenvalue weighted by Gasteiger charge is -2.10. The summed E-state index contributed by atoms with van der Waals surface area (Å²) < 4.78 is 13.5. The van der Waals surface area contributed by atoms with Gasteiger partial charge in [-0.15, -0.1) is 0 Å². The molecular formula is C19H13FN2O2. The molecule has 24 heavy (non-hydrogen) atoms. The second-order valence-electron chi connectivity index (χ2n) is 5.05. The zero-order valence-corrected chi connectivity index (χ0v) is 12.6. The Morgan fingerprint density at radius 1 is 0.792 bits per heavy atom. The third-order valence-corrected chi connectivity index (χ3v) is 3.40. The van der Waals surface area contributed by atoms with Crippen molar-refractivity contribution in [2.24, 2.45) is 0 Å². The molecular weight excluding hydrogens is 307 g/mol. The number of benzene rings is 2. The van der Waals surface area contributed by atoms with E-state index in [-0.39, 0.29) is 11.4 Å². The van der Waals surface area contributed by atoms with Crippen molar-refractivity contribution in [2.45, 2.75) is 0 Å². The van der Waals surface area contributed by atoms with Crippen molar-refractivity contribution >= 4 is 17.4 Å². The Morgan fingerprint density at radius 3 is 2.00 bits per heavy atom. The van der Waals surface area contributed by atoms with Crippen molar-refractivity contribution in [3.63, 3.8) is 0 Å². The highest BCUT2D eigenvalue weighted by atomic mass is 19.1. The molecule has 0 radical (unpaired) electrons. The lowest BCUT2D eigenvalue weighted by molar-refractivity contribution is 0.102. The van der Waals surface area contributed by atoms with Crippen molar-refractivity contribution in [1.82, 2.24) is 4.98 Å². The molecule has 1 heterocycles. The maximum Gasteiger partial charge on any atom is 0.255 e. The zero-order valence-electron chi connectivity index (χ0n) is 12.6. The van der Waals surface area contributed by atoms with E-state index < -0.39 is 17.6 Å². The molecule has 4 nitrogen and oxygen atoms in total. The standard InChI is InChI=1S/C19H13FN2O2/c20-16-12-11-15(21-19(24)14-9-5-2-6-10-14)17(22-16)18(23)13-7-3-1-4-8-13/h1-12H,(H,21,24). The molecule has 1 N–H and O–H groups in total. The first-order chi connectivity index (χ1) is 11.6. The van der Waals surface area contributed by atoms with Gasteiger partial charge in [0.25, 0.3) is 5.91 Å². The number of hydrogen-bond acceptors (Lipinski definition) is 3. The number of pyridine rings is 1. The number of carbonyl (C=O) groups is 2. The molecule has 0 saturated carbocycles. The van der Waals surface area contributed by atoms with E-state index in [9.17, 15) is 14.0 Å². The smallest absolute Gasteiger partial charge is 0.255 e. The zero-order chi connectivity index (χ0) is 16.9. The number of nitrogens with one attached hydrogen (secondary N) is 1. The fraction of sp³-hybridized carbons (Fsp3) is 0. The van der Waals surface area contributed by atoms with Crippen molar-refractivity contribution in [3.8, 4) is 0 Å². The van der Waals surface area contributed by atoms with Gasteiger partial charge in [0.05, 0.1) is 5.69 Å². The first kappa shape index (κ1) is 15.6. The van der Waals surface area contributed by atoms with Gasteiger partial charge < -0.3 is 5.32 Å². The molecule has 0 saturated heterocycles. The van der Waals surface area contributed by atoms with Gasteiger partial charge in [-0.3, -0.25) is 9.59 Å². The summed E-state index contributed by atoms with van der Waals surface area (Å²) in [6, 6.07) is 19.4.